The highest BCUT2D eigenvalue weighted by atomic mass is 35.5. The summed E-state index contributed by atoms with van der Waals surface area (Å²) >= 11 is 5.91. The Balaban J connectivity index is 1.32. The van der Waals surface area contributed by atoms with Crippen LogP contribution in [0, 0.1) is 0 Å². The average Bonchev–Trinajstić information content (AvgIpc) is 3.02. The average molecular weight is 399 g/mol. The summed E-state index contributed by atoms with van der Waals surface area (Å²) in [6, 6.07) is 12.5. The lowest BCUT2D eigenvalue weighted by atomic mass is 10.1. The Hall–Kier alpha value is -2.28. The van der Waals surface area contributed by atoms with E-state index in [1.54, 1.807) is 24.3 Å². The summed E-state index contributed by atoms with van der Waals surface area (Å²) in [5.74, 6) is -0.274. The number of carbonyl (C=O) groups excluding carboxylic acids is 2. The lowest BCUT2D eigenvalue weighted by Gasteiger charge is -2.37. The number of halogens is 1. The van der Waals surface area contributed by atoms with Crippen molar-refractivity contribution >= 4 is 29.1 Å². The number of carbonyl (C=O) groups is 2. The number of anilines is 1. The van der Waals surface area contributed by atoms with Gasteiger partial charge in [-0.1, -0.05) is 17.7 Å². The van der Waals surface area contributed by atoms with Crippen molar-refractivity contribution in [3.05, 3.63) is 59.4 Å². The quantitative estimate of drug-likeness (QED) is 0.723. The van der Waals surface area contributed by atoms with Crippen molar-refractivity contribution < 1.29 is 9.59 Å². The van der Waals surface area contributed by atoms with Crippen molar-refractivity contribution in [2.75, 3.05) is 37.6 Å². The molecule has 2 aliphatic heterocycles. The number of benzene rings is 1. The molecule has 0 spiro atoms. The van der Waals surface area contributed by atoms with Crippen LogP contribution in [-0.4, -0.2) is 65.4 Å². The molecule has 6 nitrogen and oxygen atoms in total. The van der Waals surface area contributed by atoms with Gasteiger partial charge in [0.2, 0.25) is 5.91 Å². The van der Waals surface area contributed by atoms with E-state index in [0.717, 1.165) is 44.8 Å². The molecule has 28 heavy (non-hydrogen) atoms. The van der Waals surface area contributed by atoms with Gasteiger partial charge >= 0.3 is 0 Å². The second-order valence-electron chi connectivity index (χ2n) is 7.21. The number of pyridine rings is 1. The van der Waals surface area contributed by atoms with Crippen molar-refractivity contribution in [3.8, 4) is 0 Å². The summed E-state index contributed by atoms with van der Waals surface area (Å²) in [5.41, 5.74) is 1.69. The molecule has 2 saturated heterocycles. The van der Waals surface area contributed by atoms with Crippen LogP contribution in [0.2, 0.25) is 5.02 Å². The van der Waals surface area contributed by atoms with Gasteiger partial charge < -0.3 is 4.90 Å². The summed E-state index contributed by atoms with van der Waals surface area (Å²) in [6.07, 6.45) is 2.99. The first-order valence-corrected chi connectivity index (χ1v) is 9.98. The minimum atomic E-state index is -0.360. The summed E-state index contributed by atoms with van der Waals surface area (Å²) in [7, 11) is 0. The molecule has 0 bridgehead atoms. The van der Waals surface area contributed by atoms with Crippen LogP contribution in [0.5, 0.6) is 0 Å². The summed E-state index contributed by atoms with van der Waals surface area (Å²) in [4.78, 5) is 35.6. The molecule has 0 radical (unpaired) electrons. The van der Waals surface area contributed by atoms with E-state index in [-0.39, 0.29) is 24.3 Å². The first kappa shape index (κ1) is 19.1. The van der Waals surface area contributed by atoms with Gasteiger partial charge in [0.05, 0.1) is 18.2 Å². The predicted molar refractivity (Wildman–Crippen MR) is 108 cm³/mol. The maximum absolute atomic E-state index is 12.9. The number of rotatable bonds is 5. The van der Waals surface area contributed by atoms with E-state index in [2.05, 4.69) is 14.8 Å². The Bertz CT molecular complexity index is 835. The fraction of sp³-hybridized carbons (Fsp3) is 0.381. The minimum absolute atomic E-state index is 0.130. The Morgan fingerprint density at radius 3 is 2.43 bits per heavy atom. The van der Waals surface area contributed by atoms with Crippen LogP contribution in [0.15, 0.2) is 48.7 Å². The zero-order valence-electron chi connectivity index (χ0n) is 15.6. The molecule has 146 valence electrons. The van der Waals surface area contributed by atoms with Gasteiger partial charge in [-0.2, -0.15) is 0 Å². The van der Waals surface area contributed by atoms with Gasteiger partial charge in [0, 0.05) is 56.1 Å². The lowest BCUT2D eigenvalue weighted by Crippen LogP contribution is -2.52. The third-order valence-corrected chi connectivity index (χ3v) is 5.72. The molecule has 0 saturated carbocycles. The number of nitrogens with zero attached hydrogens (tertiary/aromatic N) is 4. The summed E-state index contributed by atoms with van der Waals surface area (Å²) in [6.45, 7) is 4.33. The van der Waals surface area contributed by atoms with Gasteiger partial charge in [0.25, 0.3) is 5.91 Å². The van der Waals surface area contributed by atoms with E-state index in [4.69, 9.17) is 11.6 Å². The third kappa shape index (κ3) is 4.09. The van der Waals surface area contributed by atoms with E-state index in [9.17, 15) is 9.59 Å². The zero-order valence-corrected chi connectivity index (χ0v) is 16.4. The van der Waals surface area contributed by atoms with Crippen LogP contribution in [0.3, 0.4) is 0 Å². The molecule has 4 rings (SSSR count). The van der Waals surface area contributed by atoms with Crippen molar-refractivity contribution in [3.63, 3.8) is 0 Å². The van der Waals surface area contributed by atoms with E-state index >= 15 is 0 Å². The predicted octanol–water partition coefficient (Wildman–Crippen LogP) is 2.23. The van der Waals surface area contributed by atoms with Crippen molar-refractivity contribution in [1.29, 1.82) is 0 Å². The molecule has 7 heteroatoms. The number of hydrogen-bond acceptors (Lipinski definition) is 5. The fourth-order valence-corrected chi connectivity index (χ4v) is 4.01. The van der Waals surface area contributed by atoms with Crippen LogP contribution in [0.25, 0.3) is 0 Å². The number of imide groups is 1. The van der Waals surface area contributed by atoms with Crippen LogP contribution in [0.1, 0.15) is 12.1 Å². The zero-order chi connectivity index (χ0) is 19.5. The first-order valence-electron chi connectivity index (χ1n) is 9.60. The van der Waals surface area contributed by atoms with Gasteiger partial charge in [0.1, 0.15) is 0 Å². The fourth-order valence-electron chi connectivity index (χ4n) is 3.88. The van der Waals surface area contributed by atoms with Gasteiger partial charge in [-0.15, -0.1) is 0 Å². The maximum atomic E-state index is 12.9. The maximum Gasteiger partial charge on any atom is 0.251 e. The molecule has 0 aliphatic carbocycles. The number of amides is 2. The number of aromatic nitrogens is 1. The smallest absolute Gasteiger partial charge is 0.251 e. The normalized spacial score (nSPS) is 21.5. The molecule has 2 aromatic rings. The SMILES string of the molecule is O=C1C[C@@H](N2CCN(CCc3ccccn3)CC2)C(=O)N1c1ccc(Cl)cc1. The van der Waals surface area contributed by atoms with E-state index in [1.165, 1.54) is 4.90 Å². The second kappa shape index (κ2) is 8.39. The molecule has 1 aromatic heterocycles. The highest BCUT2D eigenvalue weighted by Gasteiger charge is 2.43. The third-order valence-electron chi connectivity index (χ3n) is 5.47. The molecule has 0 unspecified atom stereocenters. The Morgan fingerprint density at radius 2 is 1.75 bits per heavy atom. The Labute approximate surface area is 169 Å². The van der Waals surface area contributed by atoms with Gasteiger partial charge in [-0.05, 0) is 36.4 Å². The first-order chi connectivity index (χ1) is 13.6. The molecular formula is C21H23ClN4O2. The highest BCUT2D eigenvalue weighted by molar-refractivity contribution is 6.30. The standard InChI is InChI=1S/C21H23ClN4O2/c22-16-4-6-18(7-5-16)26-20(27)15-19(21(26)28)25-13-11-24(12-14-25)10-8-17-3-1-2-9-23-17/h1-7,9,19H,8,10-15H2/t19-/m1/s1. The molecule has 2 aliphatic rings. The van der Waals surface area contributed by atoms with Gasteiger partial charge in [-0.3, -0.25) is 19.5 Å². The molecular weight excluding hydrogens is 376 g/mol. The summed E-state index contributed by atoms with van der Waals surface area (Å²) < 4.78 is 0. The molecule has 1 atom stereocenters. The molecule has 3 heterocycles. The van der Waals surface area contributed by atoms with Crippen molar-refractivity contribution in [2.45, 2.75) is 18.9 Å². The number of hydrogen-bond donors (Lipinski definition) is 0. The Morgan fingerprint density at radius 1 is 1.00 bits per heavy atom. The summed E-state index contributed by atoms with van der Waals surface area (Å²) in [5, 5.41) is 0.584. The topological polar surface area (TPSA) is 56.8 Å². The van der Waals surface area contributed by atoms with Crippen LogP contribution >= 0.6 is 11.6 Å². The van der Waals surface area contributed by atoms with Crippen molar-refractivity contribution in [1.82, 2.24) is 14.8 Å². The van der Waals surface area contributed by atoms with Gasteiger partial charge in [-0.25, -0.2) is 4.90 Å². The van der Waals surface area contributed by atoms with E-state index in [1.807, 2.05) is 24.4 Å². The van der Waals surface area contributed by atoms with E-state index < -0.39 is 0 Å². The Kier molecular flexibility index (Phi) is 5.71. The van der Waals surface area contributed by atoms with Crippen LogP contribution < -0.4 is 4.90 Å². The molecule has 0 N–H and O–H groups in total. The minimum Gasteiger partial charge on any atom is -0.300 e. The van der Waals surface area contributed by atoms with Crippen molar-refractivity contribution in [2.24, 2.45) is 0 Å². The number of piperazine rings is 1. The highest BCUT2D eigenvalue weighted by Crippen LogP contribution is 2.27. The van der Waals surface area contributed by atoms with E-state index in [0.29, 0.717) is 10.7 Å². The molecule has 2 fully saturated rings. The largest absolute Gasteiger partial charge is 0.300 e. The van der Waals surface area contributed by atoms with Crippen LogP contribution in [-0.2, 0) is 16.0 Å². The monoisotopic (exact) mass is 398 g/mol. The van der Waals surface area contributed by atoms with Crippen LogP contribution in [0.4, 0.5) is 5.69 Å². The second-order valence-corrected chi connectivity index (χ2v) is 7.65. The lowest BCUT2D eigenvalue weighted by molar-refractivity contribution is -0.123. The molecule has 1 aromatic carbocycles. The molecule has 2 amide bonds. The van der Waals surface area contributed by atoms with Gasteiger partial charge in [0.15, 0.2) is 0 Å².